The fraction of sp³-hybridized carbons (Fsp3) is 0.423. The summed E-state index contributed by atoms with van der Waals surface area (Å²) in [7, 11) is 0. The van der Waals surface area contributed by atoms with E-state index in [-0.39, 0.29) is 24.3 Å². The summed E-state index contributed by atoms with van der Waals surface area (Å²) in [6, 6.07) is 13.6. The fourth-order valence-corrected chi connectivity index (χ4v) is 5.10. The minimum atomic E-state index is -0.973. The molecule has 0 radical (unpaired) electrons. The molecule has 3 aliphatic rings. The minimum Gasteiger partial charge on any atom is -0.378 e. The van der Waals surface area contributed by atoms with Crippen LogP contribution in [0.4, 0.5) is 4.39 Å². The van der Waals surface area contributed by atoms with Gasteiger partial charge in [-0.1, -0.05) is 18.2 Å². The van der Waals surface area contributed by atoms with Crippen LogP contribution in [0.15, 0.2) is 54.6 Å². The van der Waals surface area contributed by atoms with Crippen molar-refractivity contribution >= 4 is 17.7 Å². The number of hydrogen-bond donors (Lipinski definition) is 0. The van der Waals surface area contributed by atoms with Gasteiger partial charge < -0.3 is 19.3 Å². The zero-order valence-electron chi connectivity index (χ0n) is 19.4. The largest absolute Gasteiger partial charge is 0.378 e. The lowest BCUT2D eigenvalue weighted by molar-refractivity contribution is -0.141. The van der Waals surface area contributed by atoms with Crippen LogP contribution in [-0.2, 0) is 14.3 Å². The molecule has 0 N–H and O–H groups in total. The standard InChI is InChI=1S/C26H28FN3O5/c27-21-8-6-20(7-9-21)23(31)28-12-10-26(11-13-28)30(24(32)19-4-2-1-3-5-19)22(18-35-26)25(33)29-14-16-34-17-15-29/h1-9,22H,10-18H2/t22-/m1/s1. The topological polar surface area (TPSA) is 79.4 Å². The van der Waals surface area contributed by atoms with Crippen LogP contribution in [0.25, 0.3) is 0 Å². The summed E-state index contributed by atoms with van der Waals surface area (Å²) in [6.45, 7) is 2.72. The molecule has 0 bridgehead atoms. The van der Waals surface area contributed by atoms with E-state index in [0.29, 0.717) is 63.4 Å². The predicted molar refractivity (Wildman–Crippen MR) is 124 cm³/mol. The van der Waals surface area contributed by atoms with E-state index in [0.717, 1.165) is 0 Å². The number of nitrogens with zero attached hydrogens (tertiary/aromatic N) is 3. The second-order valence-corrected chi connectivity index (χ2v) is 9.05. The van der Waals surface area contributed by atoms with Gasteiger partial charge in [-0.3, -0.25) is 19.3 Å². The summed E-state index contributed by atoms with van der Waals surface area (Å²) < 4.78 is 24.9. The minimum absolute atomic E-state index is 0.112. The molecule has 2 aromatic carbocycles. The molecule has 2 aromatic rings. The number of likely N-dealkylation sites (tertiary alicyclic amines) is 1. The lowest BCUT2D eigenvalue weighted by Gasteiger charge is -2.45. The quantitative estimate of drug-likeness (QED) is 0.672. The van der Waals surface area contributed by atoms with Crippen LogP contribution in [0, 0.1) is 5.82 Å². The molecule has 3 amide bonds. The maximum atomic E-state index is 13.7. The van der Waals surface area contributed by atoms with E-state index in [1.165, 1.54) is 24.3 Å². The lowest BCUT2D eigenvalue weighted by atomic mass is 9.96. The number of piperidine rings is 1. The van der Waals surface area contributed by atoms with Gasteiger partial charge in [0.15, 0.2) is 0 Å². The Hall–Kier alpha value is -3.30. The predicted octanol–water partition coefficient (Wildman–Crippen LogP) is 2.16. The average molecular weight is 482 g/mol. The van der Waals surface area contributed by atoms with E-state index >= 15 is 0 Å². The zero-order chi connectivity index (χ0) is 24.4. The Morgan fingerprint density at radius 2 is 1.43 bits per heavy atom. The first-order chi connectivity index (χ1) is 17.0. The highest BCUT2D eigenvalue weighted by molar-refractivity contribution is 5.98. The van der Waals surface area contributed by atoms with E-state index < -0.39 is 17.6 Å². The summed E-state index contributed by atoms with van der Waals surface area (Å²) in [5.74, 6) is -0.989. The van der Waals surface area contributed by atoms with Crippen molar-refractivity contribution in [3.8, 4) is 0 Å². The highest BCUT2D eigenvalue weighted by atomic mass is 19.1. The summed E-state index contributed by atoms with van der Waals surface area (Å²) in [6.07, 6.45) is 0.761. The van der Waals surface area contributed by atoms with Crippen molar-refractivity contribution in [2.45, 2.75) is 24.6 Å². The number of hydrogen-bond acceptors (Lipinski definition) is 5. The van der Waals surface area contributed by atoms with E-state index in [9.17, 15) is 18.8 Å². The highest BCUT2D eigenvalue weighted by Gasteiger charge is 2.55. The second-order valence-electron chi connectivity index (χ2n) is 9.05. The molecule has 0 aromatic heterocycles. The van der Waals surface area contributed by atoms with E-state index in [1.807, 2.05) is 6.07 Å². The Bertz CT molecular complexity index is 1080. The first-order valence-corrected chi connectivity index (χ1v) is 11.9. The van der Waals surface area contributed by atoms with Crippen molar-refractivity contribution in [3.63, 3.8) is 0 Å². The summed E-state index contributed by atoms with van der Waals surface area (Å²) in [4.78, 5) is 45.1. The van der Waals surface area contributed by atoms with Crippen molar-refractivity contribution in [1.82, 2.24) is 14.7 Å². The SMILES string of the molecule is O=C(c1ccc(F)cc1)N1CCC2(CC1)OC[C@H](C(=O)N1CCOCC1)N2C(=O)c1ccccc1. The first-order valence-electron chi connectivity index (χ1n) is 11.9. The number of benzene rings is 2. The Labute approximate surface area is 203 Å². The Kier molecular flexibility index (Phi) is 6.53. The molecule has 35 heavy (non-hydrogen) atoms. The normalized spacial score (nSPS) is 21.9. The van der Waals surface area contributed by atoms with Gasteiger partial charge in [-0.05, 0) is 36.4 Å². The van der Waals surface area contributed by atoms with Gasteiger partial charge in [-0.2, -0.15) is 0 Å². The van der Waals surface area contributed by atoms with Crippen LogP contribution in [0.1, 0.15) is 33.6 Å². The number of rotatable bonds is 3. The van der Waals surface area contributed by atoms with Crippen LogP contribution in [0.3, 0.4) is 0 Å². The molecule has 1 spiro atoms. The molecule has 184 valence electrons. The summed E-state index contributed by atoms with van der Waals surface area (Å²) in [5, 5.41) is 0. The zero-order valence-corrected chi connectivity index (χ0v) is 19.4. The smallest absolute Gasteiger partial charge is 0.256 e. The summed E-state index contributed by atoms with van der Waals surface area (Å²) in [5.41, 5.74) is -0.0756. The van der Waals surface area contributed by atoms with E-state index in [4.69, 9.17) is 9.47 Å². The highest BCUT2D eigenvalue weighted by Crippen LogP contribution is 2.39. The van der Waals surface area contributed by atoms with Crippen molar-refractivity contribution in [1.29, 1.82) is 0 Å². The Morgan fingerprint density at radius 1 is 0.800 bits per heavy atom. The molecule has 3 heterocycles. The molecule has 5 rings (SSSR count). The molecule has 0 aliphatic carbocycles. The number of amides is 3. The van der Waals surface area contributed by atoms with Gasteiger partial charge in [-0.25, -0.2) is 4.39 Å². The number of carbonyl (C=O) groups is 3. The van der Waals surface area contributed by atoms with Gasteiger partial charge in [0.2, 0.25) is 5.91 Å². The summed E-state index contributed by atoms with van der Waals surface area (Å²) >= 11 is 0. The van der Waals surface area contributed by atoms with E-state index in [2.05, 4.69) is 0 Å². The van der Waals surface area contributed by atoms with Gasteiger partial charge in [-0.15, -0.1) is 0 Å². The van der Waals surface area contributed by atoms with Crippen LogP contribution in [0.2, 0.25) is 0 Å². The molecule has 0 saturated carbocycles. The van der Waals surface area contributed by atoms with Crippen LogP contribution >= 0.6 is 0 Å². The number of ether oxygens (including phenoxy) is 2. The van der Waals surface area contributed by atoms with Crippen LogP contribution < -0.4 is 0 Å². The van der Waals surface area contributed by atoms with Gasteiger partial charge >= 0.3 is 0 Å². The molecular weight excluding hydrogens is 453 g/mol. The third-order valence-corrected chi connectivity index (χ3v) is 7.03. The number of halogens is 1. The molecule has 1 atom stereocenters. The van der Waals surface area contributed by atoms with Gasteiger partial charge in [0, 0.05) is 50.1 Å². The monoisotopic (exact) mass is 481 g/mol. The third-order valence-electron chi connectivity index (χ3n) is 7.03. The van der Waals surface area contributed by atoms with Crippen molar-refractivity contribution in [3.05, 3.63) is 71.5 Å². The molecule has 3 saturated heterocycles. The lowest BCUT2D eigenvalue weighted by Crippen LogP contribution is -2.60. The maximum absolute atomic E-state index is 13.7. The van der Waals surface area contributed by atoms with Gasteiger partial charge in [0.1, 0.15) is 17.6 Å². The molecule has 9 heteroatoms. The molecule has 3 fully saturated rings. The van der Waals surface area contributed by atoms with Crippen molar-refractivity contribution < 1.29 is 28.2 Å². The Balaban J connectivity index is 1.38. The molecular formula is C26H28FN3O5. The van der Waals surface area contributed by atoms with Crippen LogP contribution in [0.5, 0.6) is 0 Å². The molecule has 3 aliphatic heterocycles. The van der Waals surface area contributed by atoms with Crippen molar-refractivity contribution in [2.75, 3.05) is 46.0 Å². The molecule has 0 unspecified atom stereocenters. The number of morpholine rings is 1. The second kappa shape index (κ2) is 9.75. The van der Waals surface area contributed by atoms with Crippen molar-refractivity contribution in [2.24, 2.45) is 0 Å². The van der Waals surface area contributed by atoms with Gasteiger partial charge in [0.05, 0.1) is 19.8 Å². The van der Waals surface area contributed by atoms with E-state index in [1.54, 1.807) is 39.0 Å². The van der Waals surface area contributed by atoms with Gasteiger partial charge in [0.25, 0.3) is 11.8 Å². The average Bonchev–Trinajstić information content (AvgIpc) is 3.27. The molecule has 8 nitrogen and oxygen atoms in total. The fourth-order valence-electron chi connectivity index (χ4n) is 5.10. The van der Waals surface area contributed by atoms with Crippen LogP contribution in [-0.4, -0.2) is 90.2 Å². The third kappa shape index (κ3) is 4.53. The Morgan fingerprint density at radius 3 is 2.09 bits per heavy atom. The number of carbonyl (C=O) groups excluding carboxylic acids is 3. The maximum Gasteiger partial charge on any atom is 0.256 e. The first kappa shape index (κ1) is 23.4.